The van der Waals surface area contributed by atoms with Gasteiger partial charge in [-0.25, -0.2) is 8.78 Å². The van der Waals surface area contributed by atoms with Crippen LogP contribution < -0.4 is 0 Å². The van der Waals surface area contributed by atoms with Crippen molar-refractivity contribution in [2.24, 2.45) is 0 Å². The first-order valence-corrected chi connectivity index (χ1v) is 6.67. The fourth-order valence-corrected chi connectivity index (χ4v) is 2.59. The maximum absolute atomic E-state index is 13.7. The van der Waals surface area contributed by atoms with Crippen molar-refractivity contribution in [3.8, 4) is 0 Å². The van der Waals surface area contributed by atoms with Crippen molar-refractivity contribution in [3.05, 3.63) is 64.4 Å². The van der Waals surface area contributed by atoms with E-state index in [1.165, 1.54) is 18.2 Å². The van der Waals surface area contributed by atoms with Gasteiger partial charge in [0, 0.05) is 6.54 Å². The van der Waals surface area contributed by atoms with E-state index < -0.39 is 0 Å². The van der Waals surface area contributed by atoms with Crippen LogP contribution in [0, 0.1) is 16.4 Å². The Morgan fingerprint density at radius 1 is 1.10 bits per heavy atom. The predicted molar refractivity (Wildman–Crippen MR) is 77.2 cm³/mol. The lowest BCUT2D eigenvalue weighted by atomic mass is 10.1. The maximum Gasteiger partial charge on any atom is 0.178 e. The molecule has 1 aromatic heterocycles. The minimum absolute atomic E-state index is 0.254. The minimum Gasteiger partial charge on any atom is -0.328 e. The van der Waals surface area contributed by atoms with E-state index in [0.29, 0.717) is 23.3 Å². The Kier molecular flexibility index (Phi) is 3.36. The van der Waals surface area contributed by atoms with Gasteiger partial charge in [0.2, 0.25) is 0 Å². The number of nitrogens with zero attached hydrogens (tertiary/aromatic N) is 1. The fraction of sp³-hybridized carbons (Fsp3) is 0.133. The summed E-state index contributed by atoms with van der Waals surface area (Å²) in [7, 11) is 0. The second-order valence-electron chi connectivity index (χ2n) is 4.60. The number of aromatic nitrogens is 2. The van der Waals surface area contributed by atoms with E-state index in [1.807, 2.05) is 16.7 Å². The van der Waals surface area contributed by atoms with E-state index in [4.69, 9.17) is 12.2 Å². The van der Waals surface area contributed by atoms with Crippen molar-refractivity contribution >= 4 is 23.3 Å². The number of imidazole rings is 1. The quantitative estimate of drug-likeness (QED) is 0.716. The summed E-state index contributed by atoms with van der Waals surface area (Å²) >= 11 is 5.22. The molecule has 0 saturated heterocycles. The van der Waals surface area contributed by atoms with Gasteiger partial charge in [0.15, 0.2) is 4.77 Å². The molecule has 0 aliphatic carbocycles. The summed E-state index contributed by atoms with van der Waals surface area (Å²) in [6.07, 6.45) is 0.634. The number of halogens is 2. The zero-order valence-electron chi connectivity index (χ0n) is 10.6. The second kappa shape index (κ2) is 5.17. The average molecular weight is 290 g/mol. The number of hydrogen-bond acceptors (Lipinski definition) is 1. The van der Waals surface area contributed by atoms with Crippen molar-refractivity contribution in [2.75, 3.05) is 0 Å². The van der Waals surface area contributed by atoms with Crippen LogP contribution >= 0.6 is 12.2 Å². The lowest BCUT2D eigenvalue weighted by molar-refractivity contribution is 0.622. The first-order valence-electron chi connectivity index (χ1n) is 6.26. The van der Waals surface area contributed by atoms with Gasteiger partial charge in [0.25, 0.3) is 0 Å². The van der Waals surface area contributed by atoms with Gasteiger partial charge in [0.1, 0.15) is 17.2 Å². The first kappa shape index (κ1) is 13.0. The molecule has 1 N–H and O–H groups in total. The van der Waals surface area contributed by atoms with E-state index in [-0.39, 0.29) is 11.6 Å². The number of hydrogen-bond donors (Lipinski definition) is 1. The van der Waals surface area contributed by atoms with Crippen LogP contribution in [-0.4, -0.2) is 9.55 Å². The molecule has 0 atom stereocenters. The summed E-state index contributed by atoms with van der Waals surface area (Å²) in [4.78, 5) is 2.87. The number of benzene rings is 2. The number of nitrogens with one attached hydrogen (secondary N) is 1. The number of fused-ring (bicyclic) bond motifs is 1. The molecule has 0 unspecified atom stereocenters. The highest BCUT2D eigenvalue weighted by atomic mass is 32.1. The zero-order valence-corrected chi connectivity index (χ0v) is 11.4. The van der Waals surface area contributed by atoms with Crippen LogP contribution in [0.4, 0.5) is 8.78 Å². The van der Waals surface area contributed by atoms with Crippen molar-refractivity contribution in [1.82, 2.24) is 9.55 Å². The molecule has 2 nitrogen and oxygen atoms in total. The van der Waals surface area contributed by atoms with Gasteiger partial charge in [-0.2, -0.15) is 0 Å². The van der Waals surface area contributed by atoms with Crippen LogP contribution in [0.3, 0.4) is 0 Å². The Morgan fingerprint density at radius 3 is 2.70 bits per heavy atom. The Labute approximate surface area is 119 Å². The largest absolute Gasteiger partial charge is 0.328 e. The minimum atomic E-state index is -0.321. The highest BCUT2D eigenvalue weighted by Gasteiger charge is 2.08. The van der Waals surface area contributed by atoms with Crippen LogP contribution in [-0.2, 0) is 13.0 Å². The van der Waals surface area contributed by atoms with Crippen LogP contribution in [0.1, 0.15) is 5.56 Å². The molecule has 3 rings (SSSR count). The highest BCUT2D eigenvalue weighted by molar-refractivity contribution is 7.71. The molecule has 0 fully saturated rings. The second-order valence-corrected chi connectivity index (χ2v) is 4.98. The van der Waals surface area contributed by atoms with Crippen molar-refractivity contribution in [3.63, 3.8) is 0 Å². The molecule has 0 saturated carbocycles. The summed E-state index contributed by atoms with van der Waals surface area (Å²) in [5.41, 5.74) is 2.03. The van der Waals surface area contributed by atoms with E-state index in [9.17, 15) is 8.78 Å². The normalized spacial score (nSPS) is 11.1. The van der Waals surface area contributed by atoms with Gasteiger partial charge < -0.3 is 9.55 Å². The van der Waals surface area contributed by atoms with Gasteiger partial charge in [-0.3, -0.25) is 0 Å². The van der Waals surface area contributed by atoms with E-state index in [1.54, 1.807) is 12.1 Å². The molecule has 5 heteroatoms. The van der Waals surface area contributed by atoms with Crippen LogP contribution in [0.15, 0.2) is 42.5 Å². The molecule has 1 heterocycles. The van der Waals surface area contributed by atoms with E-state index >= 15 is 0 Å². The standard InChI is InChI=1S/C15H12F2N2S/c16-11-4-1-3-10(9-11)7-8-19-13-6-2-5-12(17)14(13)18-15(19)20/h1-6,9H,7-8H2,(H,18,20). The van der Waals surface area contributed by atoms with Gasteiger partial charge >= 0.3 is 0 Å². The number of rotatable bonds is 3. The SMILES string of the molecule is Fc1cccc(CCn2c(=S)[nH]c3c(F)cccc32)c1. The van der Waals surface area contributed by atoms with Crippen molar-refractivity contribution in [2.45, 2.75) is 13.0 Å². The van der Waals surface area contributed by atoms with Gasteiger partial charge in [-0.05, 0) is 48.5 Å². The summed E-state index contributed by atoms with van der Waals surface area (Å²) in [5.74, 6) is -0.575. The summed E-state index contributed by atoms with van der Waals surface area (Å²) in [5, 5.41) is 0. The number of aryl methyl sites for hydroxylation is 2. The van der Waals surface area contributed by atoms with Crippen LogP contribution in [0.25, 0.3) is 11.0 Å². The van der Waals surface area contributed by atoms with E-state index in [2.05, 4.69) is 4.98 Å². The molecule has 0 spiro atoms. The number of H-pyrrole nitrogens is 1. The number of para-hydroxylation sites is 1. The third-order valence-corrected chi connectivity index (χ3v) is 3.60. The Morgan fingerprint density at radius 2 is 1.90 bits per heavy atom. The van der Waals surface area contributed by atoms with Crippen molar-refractivity contribution < 1.29 is 8.78 Å². The molecule has 20 heavy (non-hydrogen) atoms. The number of aromatic amines is 1. The topological polar surface area (TPSA) is 20.7 Å². The Bertz CT molecular complexity index is 820. The van der Waals surface area contributed by atoms with Gasteiger partial charge in [0.05, 0.1) is 5.52 Å². The Hall–Kier alpha value is -2.01. The smallest absolute Gasteiger partial charge is 0.178 e. The molecule has 3 aromatic rings. The average Bonchev–Trinajstić information content (AvgIpc) is 2.74. The third kappa shape index (κ3) is 2.36. The molecule has 0 radical (unpaired) electrons. The van der Waals surface area contributed by atoms with Gasteiger partial charge in [-0.1, -0.05) is 18.2 Å². The van der Waals surface area contributed by atoms with Gasteiger partial charge in [-0.15, -0.1) is 0 Å². The molecule has 0 aliphatic heterocycles. The molecule has 2 aromatic carbocycles. The lowest BCUT2D eigenvalue weighted by Gasteiger charge is -2.05. The highest BCUT2D eigenvalue weighted by Crippen LogP contribution is 2.18. The third-order valence-electron chi connectivity index (χ3n) is 3.27. The molecule has 0 bridgehead atoms. The monoisotopic (exact) mass is 290 g/mol. The summed E-state index contributed by atoms with van der Waals surface area (Å²) in [6.45, 7) is 0.575. The molecule has 0 amide bonds. The fourth-order valence-electron chi connectivity index (χ4n) is 2.30. The first-order chi connectivity index (χ1) is 9.65. The maximum atomic E-state index is 13.7. The van der Waals surface area contributed by atoms with Crippen LogP contribution in [0.5, 0.6) is 0 Å². The molecule has 102 valence electrons. The molecular formula is C15H12F2N2S. The van der Waals surface area contributed by atoms with Crippen LogP contribution in [0.2, 0.25) is 0 Å². The summed E-state index contributed by atoms with van der Waals surface area (Å²) < 4.78 is 29.1. The van der Waals surface area contributed by atoms with Crippen molar-refractivity contribution in [1.29, 1.82) is 0 Å². The lowest BCUT2D eigenvalue weighted by Crippen LogP contribution is -2.01. The zero-order chi connectivity index (χ0) is 14.1. The van der Waals surface area contributed by atoms with E-state index in [0.717, 1.165) is 11.1 Å². The molecule has 0 aliphatic rings. The Balaban J connectivity index is 1.93. The predicted octanol–water partition coefficient (Wildman–Crippen LogP) is 4.22. The summed E-state index contributed by atoms with van der Waals surface area (Å²) in [6, 6.07) is 11.3. The molecular weight excluding hydrogens is 278 g/mol.